The Morgan fingerprint density at radius 3 is 1.96 bits per heavy atom. The van der Waals surface area contributed by atoms with Crippen LogP contribution in [0.1, 0.15) is 81.2 Å². The SMILES string of the molecule is COC(=O)C[C@H](C(N)=O)C(C)(C)C(F)(F)F.COC(=O)N[C@H](C(=O)N[C@@H](Cc1ccc(C#Cc2ccc(N3CC4CCC(C3)N4C3COC3)nc2)cc1)[C@@H](O)CNCc1c(F)cc(C(N)=CC=N[C@@H]2CCOC2)cc1F)C(C)(C)C(F)(F)F. The van der Waals surface area contributed by atoms with Crippen molar-refractivity contribution in [3.8, 4) is 11.8 Å². The minimum absolute atomic E-state index is 0.0160. The summed E-state index contributed by atoms with van der Waals surface area (Å²) in [6.45, 7) is 6.92. The maximum absolute atomic E-state index is 15.3. The Balaban J connectivity index is 0.000000602. The van der Waals surface area contributed by atoms with Crippen LogP contribution in [0, 0.1) is 40.2 Å². The molecule has 2 aromatic carbocycles. The van der Waals surface area contributed by atoms with Crippen molar-refractivity contribution in [3.05, 3.63) is 100 Å². The number of benzene rings is 2. The van der Waals surface area contributed by atoms with Gasteiger partial charge in [-0.2, -0.15) is 26.3 Å². The molecule has 4 saturated heterocycles. The number of primary amides is 1. The van der Waals surface area contributed by atoms with E-state index in [1.54, 1.807) is 30.5 Å². The van der Waals surface area contributed by atoms with Crippen LogP contribution in [0.3, 0.4) is 0 Å². The third-order valence-electron chi connectivity index (χ3n) is 15.5. The third-order valence-corrected chi connectivity index (χ3v) is 15.5. The lowest BCUT2D eigenvalue weighted by atomic mass is 9.76. The van der Waals surface area contributed by atoms with Gasteiger partial charge in [-0.05, 0) is 87.6 Å². The molecule has 3 amide bonds. The molecule has 4 aliphatic heterocycles. The van der Waals surface area contributed by atoms with Crippen molar-refractivity contribution in [3.63, 3.8) is 0 Å². The summed E-state index contributed by atoms with van der Waals surface area (Å²) in [4.78, 5) is 61.7. The Bertz CT molecular complexity index is 2810. The Morgan fingerprint density at radius 1 is 0.831 bits per heavy atom. The first-order valence-electron chi connectivity index (χ1n) is 26.8. The molecule has 8 N–H and O–H groups in total. The number of ether oxygens (including phenoxy) is 4. The van der Waals surface area contributed by atoms with Gasteiger partial charge in [0.15, 0.2) is 0 Å². The molecule has 7 rings (SSSR count). The van der Waals surface area contributed by atoms with Crippen molar-refractivity contribution < 1.29 is 78.4 Å². The molecule has 83 heavy (non-hydrogen) atoms. The minimum Gasteiger partial charge on any atom is -0.469 e. The number of rotatable bonds is 20. The van der Waals surface area contributed by atoms with Gasteiger partial charge in [-0.3, -0.25) is 24.3 Å². The second-order valence-corrected chi connectivity index (χ2v) is 21.9. The fourth-order valence-electron chi connectivity index (χ4n) is 9.91. The van der Waals surface area contributed by atoms with Crippen LogP contribution in [0.4, 0.5) is 45.7 Å². The number of hydrogen-bond donors (Lipinski definition) is 6. The molecule has 0 radical (unpaired) electrons. The number of piperazine rings is 1. The van der Waals surface area contributed by atoms with E-state index in [1.165, 1.54) is 25.1 Å². The lowest BCUT2D eigenvalue weighted by molar-refractivity contribution is -0.229. The average molecular weight is 1180 g/mol. The van der Waals surface area contributed by atoms with E-state index in [0.29, 0.717) is 48.0 Å². The number of alkyl halides is 6. The first kappa shape index (κ1) is 65.2. The monoisotopic (exact) mass is 1180 g/mol. The number of fused-ring (bicyclic) bond motifs is 2. The number of carbonyl (C=O) groups is 4. The molecule has 3 aromatic rings. The summed E-state index contributed by atoms with van der Waals surface area (Å²) >= 11 is 0. The van der Waals surface area contributed by atoms with Crippen LogP contribution in [0.2, 0.25) is 0 Å². The van der Waals surface area contributed by atoms with Gasteiger partial charge >= 0.3 is 24.4 Å². The lowest BCUT2D eigenvalue weighted by Crippen LogP contribution is -2.62. The molecule has 7 atom stereocenters. The number of aliphatic imine (C=N–C) groups is 1. The van der Waals surface area contributed by atoms with Gasteiger partial charge in [0, 0.05) is 85.2 Å². The molecular formula is C57H71F8N9O9. The standard InChI is InChI=1S/C48H57F5N8O6.C9H14F3NO3/c1-47(2,48(51,52)53)44(59-46(64)65-3)45(63)58-41(42(62)23-55-22-37-38(49)19-32(20-39(37)50)40(54)14-16-56-33-15-17-66-26-33)18-30-7-4-29(5-8-30)6-9-31-10-13-43(57-21-31)60-24-34-11-12-35(25-60)61(34)36-27-67-28-36;1-8(2,9(10,11)12)5(7(13)15)4-6(14)16-3/h4-5,7-8,10,13-14,16,19-21,33-36,41-42,44,55,62H,11-12,15,17-18,22-28,54H2,1-3H3,(H,58,63)(H,59,64);5H,4H2,1-3H3,(H2,13,15)/t33-,34?,35?,41+,42+,44-;5-/m11/s1. The molecule has 5 heterocycles. The molecule has 18 nitrogen and oxygen atoms in total. The number of aromatic nitrogens is 1. The van der Waals surface area contributed by atoms with Crippen LogP contribution in [0.15, 0.2) is 65.8 Å². The number of methoxy groups -OCH3 is 2. The van der Waals surface area contributed by atoms with E-state index < -0.39 is 95.8 Å². The van der Waals surface area contributed by atoms with Gasteiger partial charge in [-0.15, -0.1) is 0 Å². The number of esters is 1. The first-order valence-corrected chi connectivity index (χ1v) is 26.8. The smallest absolute Gasteiger partial charge is 0.407 e. The number of pyridine rings is 1. The van der Waals surface area contributed by atoms with E-state index in [9.17, 15) is 50.6 Å². The number of alkyl carbamates (subject to hydrolysis) is 1. The van der Waals surface area contributed by atoms with E-state index in [1.807, 2.05) is 17.4 Å². The summed E-state index contributed by atoms with van der Waals surface area (Å²) in [5, 5.41) is 18.7. The first-order chi connectivity index (χ1) is 39.0. The van der Waals surface area contributed by atoms with E-state index >= 15 is 8.78 Å². The minimum atomic E-state index is -4.95. The van der Waals surface area contributed by atoms with E-state index in [-0.39, 0.29) is 35.8 Å². The largest absolute Gasteiger partial charge is 0.469 e. The van der Waals surface area contributed by atoms with Crippen molar-refractivity contribution >= 4 is 41.6 Å². The number of carbonyl (C=O) groups excluding carboxylic acids is 4. The quantitative estimate of drug-likeness (QED) is 0.0344. The van der Waals surface area contributed by atoms with Gasteiger partial charge in [-0.1, -0.05) is 37.8 Å². The zero-order valence-corrected chi connectivity index (χ0v) is 46.8. The number of hydrogen-bond acceptors (Lipinski definition) is 15. The molecule has 26 heteroatoms. The fraction of sp³-hybridized carbons (Fsp3) is 0.544. The molecule has 0 spiro atoms. The summed E-state index contributed by atoms with van der Waals surface area (Å²) < 4.78 is 131. The van der Waals surface area contributed by atoms with Crippen LogP contribution in [0.5, 0.6) is 0 Å². The van der Waals surface area contributed by atoms with Gasteiger partial charge in [0.1, 0.15) is 23.5 Å². The fourth-order valence-corrected chi connectivity index (χ4v) is 9.91. The molecule has 0 saturated carbocycles. The maximum atomic E-state index is 15.3. The van der Waals surface area contributed by atoms with Crippen LogP contribution in [0.25, 0.3) is 5.70 Å². The molecule has 1 aromatic heterocycles. The zero-order chi connectivity index (χ0) is 61.0. The van der Waals surface area contributed by atoms with Gasteiger partial charge in [0.25, 0.3) is 0 Å². The Hall–Kier alpha value is -6.92. The molecule has 0 aliphatic carbocycles. The van der Waals surface area contributed by atoms with Gasteiger partial charge in [0.2, 0.25) is 11.8 Å². The average Bonchev–Trinajstić information content (AvgIpc) is 3.29. The summed E-state index contributed by atoms with van der Waals surface area (Å²) in [7, 11) is 1.97. The highest BCUT2D eigenvalue weighted by molar-refractivity contribution is 5.87. The molecule has 2 unspecified atom stereocenters. The number of aliphatic hydroxyl groups is 1. The number of nitrogens with two attached hydrogens (primary N) is 2. The summed E-state index contributed by atoms with van der Waals surface area (Å²) in [6.07, 6.45) is -5.41. The topological polar surface area (TPSA) is 245 Å². The van der Waals surface area contributed by atoms with Crippen molar-refractivity contribution in [2.24, 2.45) is 33.2 Å². The molecular weight excluding hydrogens is 1110 g/mol. The van der Waals surface area contributed by atoms with Crippen molar-refractivity contribution in [1.29, 1.82) is 0 Å². The number of halogens is 8. The predicted molar refractivity (Wildman–Crippen MR) is 290 cm³/mol. The van der Waals surface area contributed by atoms with Crippen molar-refractivity contribution in [2.45, 2.75) is 121 Å². The molecule has 4 aliphatic rings. The zero-order valence-electron chi connectivity index (χ0n) is 46.8. The number of amides is 3. The van der Waals surface area contributed by atoms with Crippen LogP contribution >= 0.6 is 0 Å². The molecule has 2 bridgehead atoms. The van der Waals surface area contributed by atoms with Crippen LogP contribution in [-0.2, 0) is 46.3 Å². The second-order valence-electron chi connectivity index (χ2n) is 21.9. The predicted octanol–water partition coefficient (Wildman–Crippen LogP) is 5.70. The van der Waals surface area contributed by atoms with Gasteiger partial charge in [-0.25, -0.2) is 18.6 Å². The lowest BCUT2D eigenvalue weighted by Gasteiger charge is -2.47. The Labute approximate surface area is 476 Å². The van der Waals surface area contributed by atoms with Crippen LogP contribution in [-0.4, -0.2) is 160 Å². The van der Waals surface area contributed by atoms with E-state index in [0.717, 1.165) is 92.6 Å². The Kier molecular flexibility index (Phi) is 22.1. The van der Waals surface area contributed by atoms with Gasteiger partial charge < -0.3 is 56.4 Å². The highest BCUT2D eigenvalue weighted by Gasteiger charge is 2.57. The third kappa shape index (κ3) is 16.9. The summed E-state index contributed by atoms with van der Waals surface area (Å²) in [5.74, 6) is 0.339. The summed E-state index contributed by atoms with van der Waals surface area (Å²) in [6, 6.07) is 10.9. The second kappa shape index (κ2) is 28.1. The normalized spacial score (nSPS) is 20.2. The van der Waals surface area contributed by atoms with E-state index in [2.05, 4.69) is 46.7 Å². The summed E-state index contributed by atoms with van der Waals surface area (Å²) in [5.41, 5.74) is 7.50. The van der Waals surface area contributed by atoms with Gasteiger partial charge in [0.05, 0.1) is 81.4 Å². The Morgan fingerprint density at radius 2 is 1.45 bits per heavy atom. The molecule has 454 valence electrons. The maximum Gasteiger partial charge on any atom is 0.407 e. The van der Waals surface area contributed by atoms with Crippen molar-refractivity contribution in [1.82, 2.24) is 25.8 Å². The number of allylic oxidation sites excluding steroid dienone is 1. The number of aliphatic hydroxyl groups excluding tert-OH is 1. The molecule has 4 fully saturated rings. The number of nitrogens with one attached hydrogen (secondary N) is 3. The highest BCUT2D eigenvalue weighted by Crippen LogP contribution is 2.45. The van der Waals surface area contributed by atoms with E-state index in [4.69, 9.17) is 25.9 Å². The number of anilines is 1. The van der Waals surface area contributed by atoms with Crippen molar-refractivity contribution in [2.75, 3.05) is 65.2 Å². The van der Waals surface area contributed by atoms with Crippen LogP contribution < -0.4 is 32.3 Å². The number of nitrogens with zero attached hydrogens (tertiary/aromatic N) is 4. The highest BCUT2D eigenvalue weighted by atomic mass is 19.4.